The zero-order chi connectivity index (χ0) is 33.8. The Kier molecular flexibility index (Phi) is 16.2. The van der Waals surface area contributed by atoms with E-state index in [0.717, 1.165) is 35.7 Å². The fraction of sp³-hybridized carbons (Fsp3) is 0.684. The maximum atomic E-state index is 10.0. The first-order valence-corrected chi connectivity index (χ1v) is 16.1. The number of phenolic OH excluding ortho intramolecular Hbond substituents is 2. The van der Waals surface area contributed by atoms with Crippen LogP contribution < -0.4 is 9.47 Å². The number of hydrogen-bond donors (Lipinski definition) is 2. The molecule has 0 saturated heterocycles. The summed E-state index contributed by atoms with van der Waals surface area (Å²) < 4.78 is 17.2. The molecule has 0 fully saturated rings. The second-order valence-corrected chi connectivity index (χ2v) is 15.4. The predicted octanol–water partition coefficient (Wildman–Crippen LogP) is 10.6. The molecule has 2 aromatic rings. The largest absolute Gasteiger partial charge is 0.508 e. The van der Waals surface area contributed by atoms with Crippen LogP contribution in [0.1, 0.15) is 145 Å². The summed E-state index contributed by atoms with van der Waals surface area (Å²) in [4.78, 5) is 0. The summed E-state index contributed by atoms with van der Waals surface area (Å²) in [6.45, 7) is 33.7. The van der Waals surface area contributed by atoms with Crippen LogP contribution in [0.4, 0.5) is 0 Å². The van der Waals surface area contributed by atoms with Crippen molar-refractivity contribution < 1.29 is 24.4 Å². The van der Waals surface area contributed by atoms with Gasteiger partial charge in [-0.1, -0.05) is 117 Å². The maximum absolute atomic E-state index is 10.0. The molecule has 5 nitrogen and oxygen atoms in total. The Balaban J connectivity index is 0.000000764. The van der Waals surface area contributed by atoms with Crippen molar-refractivity contribution in [3.05, 3.63) is 46.5 Å². The van der Waals surface area contributed by atoms with Crippen molar-refractivity contribution in [1.82, 2.24) is 0 Å². The van der Waals surface area contributed by atoms with Gasteiger partial charge in [-0.2, -0.15) is 0 Å². The van der Waals surface area contributed by atoms with E-state index in [4.69, 9.17) is 14.2 Å². The van der Waals surface area contributed by atoms with Crippen molar-refractivity contribution in [3.8, 4) is 23.0 Å². The Morgan fingerprint density at radius 2 is 0.791 bits per heavy atom. The van der Waals surface area contributed by atoms with Crippen molar-refractivity contribution in [2.24, 2.45) is 0 Å². The van der Waals surface area contributed by atoms with Crippen LogP contribution in [-0.4, -0.2) is 37.1 Å². The normalized spacial score (nSPS) is 12.1. The van der Waals surface area contributed by atoms with Crippen molar-refractivity contribution in [1.29, 1.82) is 0 Å². The van der Waals surface area contributed by atoms with Crippen LogP contribution in [0.2, 0.25) is 0 Å². The predicted molar refractivity (Wildman–Crippen MR) is 185 cm³/mol. The number of ether oxygens (including phenoxy) is 3. The van der Waals surface area contributed by atoms with Crippen molar-refractivity contribution in [2.75, 3.05) is 26.9 Å². The monoisotopic (exact) mass is 602 g/mol. The van der Waals surface area contributed by atoms with Gasteiger partial charge in [-0.3, -0.25) is 0 Å². The molecule has 0 aliphatic carbocycles. The summed E-state index contributed by atoms with van der Waals surface area (Å²) in [6, 6.07) is 7.67. The van der Waals surface area contributed by atoms with E-state index in [9.17, 15) is 10.2 Å². The molecule has 0 amide bonds. The lowest BCUT2D eigenvalue weighted by atomic mass is 9.81. The lowest BCUT2D eigenvalue weighted by molar-refractivity contribution is 0.145. The first-order chi connectivity index (χ1) is 19.6. The van der Waals surface area contributed by atoms with Crippen molar-refractivity contribution >= 4 is 0 Å². The summed E-state index contributed by atoms with van der Waals surface area (Å²) in [5.41, 5.74) is 3.56. The zero-order valence-electron chi connectivity index (χ0n) is 30.7. The van der Waals surface area contributed by atoms with Gasteiger partial charge in [0.1, 0.15) is 29.6 Å². The molecular weight excluding hydrogens is 536 g/mol. The van der Waals surface area contributed by atoms with Crippen LogP contribution in [-0.2, 0) is 26.4 Å². The summed E-state index contributed by atoms with van der Waals surface area (Å²) in [7, 11) is 1.69. The average Bonchev–Trinajstić information content (AvgIpc) is 2.87. The van der Waals surface area contributed by atoms with Crippen LogP contribution in [0.5, 0.6) is 23.0 Å². The van der Waals surface area contributed by atoms with E-state index in [0.29, 0.717) is 13.2 Å². The highest BCUT2D eigenvalue weighted by Gasteiger charge is 2.27. The van der Waals surface area contributed by atoms with Crippen LogP contribution >= 0.6 is 0 Å². The lowest BCUT2D eigenvalue weighted by Crippen LogP contribution is -2.19. The molecule has 2 rings (SSSR count). The molecule has 0 heterocycles. The average molecular weight is 603 g/mol. The molecule has 0 unspecified atom stereocenters. The van der Waals surface area contributed by atoms with Gasteiger partial charge in [0, 0.05) is 29.4 Å². The molecule has 0 radical (unpaired) electrons. The highest BCUT2D eigenvalue weighted by molar-refractivity contribution is 5.52. The molecule has 43 heavy (non-hydrogen) atoms. The highest BCUT2D eigenvalue weighted by atomic mass is 16.5. The maximum Gasteiger partial charge on any atom is 0.123 e. The SMILES string of the molecule is CC(C)(C)c1cc(O)c(C(C)(C)C)cc1O.CCCC.CCCOc1cc(C(C)(C)C)c(OCCOC)cc1C(C)(C)C. The fourth-order valence-electron chi connectivity index (χ4n) is 4.20. The van der Waals surface area contributed by atoms with Gasteiger partial charge >= 0.3 is 0 Å². The number of rotatable bonds is 8. The summed E-state index contributed by atoms with van der Waals surface area (Å²) in [6.07, 6.45) is 3.64. The smallest absolute Gasteiger partial charge is 0.123 e. The minimum atomic E-state index is -0.169. The second kappa shape index (κ2) is 17.2. The molecule has 0 saturated carbocycles. The Bertz CT molecular complexity index is 1050. The molecule has 0 atom stereocenters. The third-order valence-corrected chi connectivity index (χ3v) is 6.93. The minimum Gasteiger partial charge on any atom is -0.508 e. The Morgan fingerprint density at radius 1 is 0.465 bits per heavy atom. The van der Waals surface area contributed by atoms with E-state index < -0.39 is 0 Å². The van der Waals surface area contributed by atoms with E-state index in [1.165, 1.54) is 24.0 Å². The van der Waals surface area contributed by atoms with Gasteiger partial charge in [0.25, 0.3) is 0 Å². The molecule has 2 aromatic carbocycles. The lowest BCUT2D eigenvalue weighted by Gasteiger charge is -2.29. The molecule has 0 bridgehead atoms. The quantitative estimate of drug-likeness (QED) is 0.232. The Hall–Kier alpha value is -2.40. The molecule has 0 aliphatic rings. The second-order valence-electron chi connectivity index (χ2n) is 15.4. The molecule has 5 heteroatoms. The van der Waals surface area contributed by atoms with E-state index in [1.54, 1.807) is 19.2 Å². The summed E-state index contributed by atoms with van der Waals surface area (Å²) >= 11 is 0. The molecule has 0 aliphatic heterocycles. The standard InChI is InChI=1S/C20H34O3.C14H22O2.C4H10/c1-9-10-22-17-13-16(20(5,6)7)18(23-12-11-21-8)14-15(17)19(2,3)4;1-13(2,3)9-7-12(16)10(8-11(9)15)14(4,5)6;1-3-4-2/h13-14H,9-12H2,1-8H3;7-8,15-16H,1-6H3;3-4H2,1-2H3. The van der Waals surface area contributed by atoms with E-state index in [2.05, 4.69) is 74.4 Å². The van der Waals surface area contributed by atoms with Gasteiger partial charge in [0.15, 0.2) is 0 Å². The van der Waals surface area contributed by atoms with E-state index >= 15 is 0 Å². The zero-order valence-corrected chi connectivity index (χ0v) is 30.7. The third-order valence-electron chi connectivity index (χ3n) is 6.93. The van der Waals surface area contributed by atoms with Crippen LogP contribution in [0, 0.1) is 0 Å². The van der Waals surface area contributed by atoms with Crippen LogP contribution in [0.15, 0.2) is 24.3 Å². The summed E-state index contributed by atoms with van der Waals surface area (Å²) in [5.74, 6) is 2.43. The highest BCUT2D eigenvalue weighted by Crippen LogP contribution is 2.42. The van der Waals surface area contributed by atoms with E-state index in [1.807, 2.05) is 41.5 Å². The van der Waals surface area contributed by atoms with Gasteiger partial charge in [0.05, 0.1) is 13.2 Å². The molecular formula is C38H66O5. The van der Waals surface area contributed by atoms with Gasteiger partial charge in [-0.25, -0.2) is 0 Å². The van der Waals surface area contributed by atoms with E-state index in [-0.39, 0.29) is 33.2 Å². The first-order valence-electron chi connectivity index (χ1n) is 16.1. The molecule has 0 aromatic heterocycles. The number of methoxy groups -OCH3 is 1. The number of phenols is 2. The Morgan fingerprint density at radius 3 is 1.05 bits per heavy atom. The number of hydrogen-bond acceptors (Lipinski definition) is 5. The van der Waals surface area contributed by atoms with Crippen LogP contribution in [0.3, 0.4) is 0 Å². The van der Waals surface area contributed by atoms with Gasteiger partial charge in [-0.15, -0.1) is 0 Å². The van der Waals surface area contributed by atoms with Crippen molar-refractivity contribution in [3.63, 3.8) is 0 Å². The fourth-order valence-corrected chi connectivity index (χ4v) is 4.20. The van der Waals surface area contributed by atoms with Crippen LogP contribution in [0.25, 0.3) is 0 Å². The topological polar surface area (TPSA) is 68.2 Å². The number of aromatic hydroxyl groups is 2. The number of unbranched alkanes of at least 4 members (excludes halogenated alkanes) is 1. The first kappa shape index (κ1) is 40.6. The molecule has 248 valence electrons. The molecule has 0 spiro atoms. The summed E-state index contributed by atoms with van der Waals surface area (Å²) in [5, 5.41) is 20.0. The van der Waals surface area contributed by atoms with Crippen molar-refractivity contribution in [2.45, 2.75) is 145 Å². The Labute approximate surface area is 265 Å². The third kappa shape index (κ3) is 13.8. The molecule has 2 N–H and O–H groups in total. The van der Waals surface area contributed by atoms with Gasteiger partial charge < -0.3 is 24.4 Å². The minimum absolute atomic E-state index is 0.00114. The van der Waals surface area contributed by atoms with Gasteiger partial charge in [-0.05, 0) is 52.3 Å². The van der Waals surface area contributed by atoms with Gasteiger partial charge in [0.2, 0.25) is 0 Å². The number of benzene rings is 2.